The summed E-state index contributed by atoms with van der Waals surface area (Å²) in [6.45, 7) is 1.35. The molecule has 1 unspecified atom stereocenters. The van der Waals surface area contributed by atoms with Gasteiger partial charge in [0.1, 0.15) is 12.6 Å². The van der Waals surface area contributed by atoms with Gasteiger partial charge in [0.2, 0.25) is 10.0 Å². The third kappa shape index (κ3) is 5.44. The molecule has 2 aromatic rings. The molecule has 3 rings (SSSR count). The van der Waals surface area contributed by atoms with Crippen LogP contribution in [-0.2, 0) is 24.3 Å². The van der Waals surface area contributed by atoms with Crippen LogP contribution < -0.4 is 10.0 Å². The van der Waals surface area contributed by atoms with E-state index in [1.54, 1.807) is 0 Å². The van der Waals surface area contributed by atoms with E-state index in [0.717, 1.165) is 22.3 Å². The predicted octanol–water partition coefficient (Wildman–Crippen LogP) is 2.22. The number of hydrogen-bond acceptors (Lipinski definition) is 6. The number of carboxylic acid groups (broad SMARTS) is 1. The fraction of sp³-hybridized carbons (Fsp3) is 0.318. The number of carboxylic acids is 1. The number of ether oxygens (including phenoxy) is 1. The summed E-state index contributed by atoms with van der Waals surface area (Å²) < 4.78 is 30.5. The number of hydrogen-bond donors (Lipinski definition) is 3. The maximum absolute atomic E-state index is 12.4. The van der Waals surface area contributed by atoms with Crippen LogP contribution in [-0.4, -0.2) is 49.9 Å². The zero-order chi connectivity index (χ0) is 23.3. The molecule has 1 atom stereocenters. The lowest BCUT2D eigenvalue weighted by atomic mass is 9.98. The Balaban J connectivity index is 1.69. The molecular weight excluding hydrogens is 436 g/mol. The molecular formula is C22H24N2O7S. The standard InChI is InChI=1S/C22H24N2O7S/c1-2-32(29,30)24-21(27)19(11-12-20(25)26)23-22(28)31-13-18-16-9-5-3-7-14(16)15-8-4-6-10-17(15)18/h3-10,18-19H,2,11-13H2,1H3,(H,23,28)(H,24,27)(H,25,26). The fourth-order valence-corrected chi connectivity index (χ4v) is 4.21. The minimum Gasteiger partial charge on any atom is -0.481 e. The molecule has 170 valence electrons. The number of benzene rings is 2. The highest BCUT2D eigenvalue weighted by Gasteiger charge is 2.30. The van der Waals surface area contributed by atoms with Gasteiger partial charge in [0, 0.05) is 12.3 Å². The van der Waals surface area contributed by atoms with Crippen molar-refractivity contribution in [3.63, 3.8) is 0 Å². The highest BCUT2D eigenvalue weighted by Crippen LogP contribution is 2.44. The van der Waals surface area contributed by atoms with Gasteiger partial charge in [-0.1, -0.05) is 48.5 Å². The molecule has 10 heteroatoms. The van der Waals surface area contributed by atoms with Crippen molar-refractivity contribution in [3.8, 4) is 11.1 Å². The van der Waals surface area contributed by atoms with Crippen molar-refractivity contribution in [2.24, 2.45) is 0 Å². The maximum atomic E-state index is 12.4. The van der Waals surface area contributed by atoms with E-state index in [2.05, 4.69) is 5.32 Å². The zero-order valence-corrected chi connectivity index (χ0v) is 18.2. The van der Waals surface area contributed by atoms with Crippen LogP contribution >= 0.6 is 0 Å². The summed E-state index contributed by atoms with van der Waals surface area (Å²) in [7, 11) is -3.87. The van der Waals surface area contributed by atoms with Crippen LogP contribution in [0.3, 0.4) is 0 Å². The number of carbonyl (C=O) groups excluding carboxylic acids is 2. The van der Waals surface area contributed by atoms with Crippen LogP contribution in [0.2, 0.25) is 0 Å². The van der Waals surface area contributed by atoms with Crippen LogP contribution in [0.15, 0.2) is 48.5 Å². The average Bonchev–Trinajstić information content (AvgIpc) is 3.08. The minimum absolute atomic E-state index is 0.000385. The van der Waals surface area contributed by atoms with Crippen LogP contribution in [0.1, 0.15) is 36.8 Å². The lowest BCUT2D eigenvalue weighted by molar-refractivity contribution is -0.137. The Morgan fingerprint density at radius 1 is 1.03 bits per heavy atom. The number of nitrogens with one attached hydrogen (secondary N) is 2. The molecule has 32 heavy (non-hydrogen) atoms. The Hall–Kier alpha value is -3.40. The first kappa shape index (κ1) is 23.3. The molecule has 0 bridgehead atoms. The lowest BCUT2D eigenvalue weighted by Gasteiger charge is -2.19. The van der Waals surface area contributed by atoms with E-state index in [0.29, 0.717) is 0 Å². The van der Waals surface area contributed by atoms with Crippen molar-refractivity contribution in [3.05, 3.63) is 59.7 Å². The smallest absolute Gasteiger partial charge is 0.407 e. The highest BCUT2D eigenvalue weighted by atomic mass is 32.2. The highest BCUT2D eigenvalue weighted by molar-refractivity contribution is 7.90. The van der Waals surface area contributed by atoms with Gasteiger partial charge in [0.05, 0.1) is 5.75 Å². The normalized spacial score (nSPS) is 13.5. The van der Waals surface area contributed by atoms with E-state index in [4.69, 9.17) is 9.84 Å². The molecule has 2 aromatic carbocycles. The Labute approximate surface area is 185 Å². The molecule has 0 saturated carbocycles. The summed E-state index contributed by atoms with van der Waals surface area (Å²) in [6.07, 6.45) is -1.66. The van der Waals surface area contributed by atoms with Crippen molar-refractivity contribution in [1.82, 2.24) is 10.0 Å². The van der Waals surface area contributed by atoms with E-state index >= 15 is 0 Å². The molecule has 0 aliphatic heterocycles. The molecule has 0 saturated heterocycles. The largest absolute Gasteiger partial charge is 0.481 e. The van der Waals surface area contributed by atoms with Crippen molar-refractivity contribution in [1.29, 1.82) is 0 Å². The van der Waals surface area contributed by atoms with Crippen molar-refractivity contribution in [2.75, 3.05) is 12.4 Å². The van der Waals surface area contributed by atoms with Gasteiger partial charge in [0.25, 0.3) is 5.91 Å². The molecule has 2 amide bonds. The summed E-state index contributed by atoms with van der Waals surface area (Å²) in [5.41, 5.74) is 4.13. The zero-order valence-electron chi connectivity index (χ0n) is 17.4. The second-order valence-electron chi connectivity index (χ2n) is 7.32. The maximum Gasteiger partial charge on any atom is 0.407 e. The Bertz CT molecular complexity index is 1090. The molecule has 1 aliphatic carbocycles. The van der Waals surface area contributed by atoms with Crippen LogP contribution in [0, 0.1) is 0 Å². The third-order valence-corrected chi connectivity index (χ3v) is 6.51. The van der Waals surface area contributed by atoms with E-state index < -0.39 is 40.5 Å². The first-order valence-electron chi connectivity index (χ1n) is 10.1. The van der Waals surface area contributed by atoms with Gasteiger partial charge < -0.3 is 15.2 Å². The molecule has 0 radical (unpaired) electrons. The second-order valence-corrected chi connectivity index (χ2v) is 9.34. The first-order chi connectivity index (χ1) is 15.2. The predicted molar refractivity (Wildman–Crippen MR) is 116 cm³/mol. The number of rotatable bonds is 9. The van der Waals surface area contributed by atoms with Gasteiger partial charge in [-0.15, -0.1) is 0 Å². The topological polar surface area (TPSA) is 139 Å². The molecule has 0 aromatic heterocycles. The van der Waals surface area contributed by atoms with Gasteiger partial charge >= 0.3 is 12.1 Å². The third-order valence-electron chi connectivity index (χ3n) is 5.24. The number of fused-ring (bicyclic) bond motifs is 3. The number of carbonyl (C=O) groups is 3. The number of amides is 2. The van der Waals surface area contributed by atoms with Crippen molar-refractivity contribution in [2.45, 2.75) is 31.7 Å². The second kappa shape index (κ2) is 9.82. The van der Waals surface area contributed by atoms with E-state index in [1.807, 2.05) is 53.3 Å². The van der Waals surface area contributed by atoms with Crippen molar-refractivity contribution >= 4 is 28.0 Å². The van der Waals surface area contributed by atoms with Gasteiger partial charge in [0.15, 0.2) is 0 Å². The molecule has 1 aliphatic rings. The summed E-state index contributed by atoms with van der Waals surface area (Å²) in [5, 5.41) is 11.2. The Morgan fingerprint density at radius 2 is 1.59 bits per heavy atom. The average molecular weight is 461 g/mol. The monoisotopic (exact) mass is 460 g/mol. The molecule has 0 heterocycles. The Morgan fingerprint density at radius 3 is 2.12 bits per heavy atom. The number of sulfonamides is 1. The quantitative estimate of drug-likeness (QED) is 0.521. The lowest BCUT2D eigenvalue weighted by Crippen LogP contribution is -2.49. The van der Waals surface area contributed by atoms with Crippen molar-refractivity contribution < 1.29 is 32.6 Å². The van der Waals surface area contributed by atoms with Crippen LogP contribution in [0.5, 0.6) is 0 Å². The van der Waals surface area contributed by atoms with E-state index in [-0.39, 0.29) is 24.7 Å². The van der Waals surface area contributed by atoms with E-state index in [9.17, 15) is 22.8 Å². The minimum atomic E-state index is -3.87. The van der Waals surface area contributed by atoms with Gasteiger partial charge in [-0.05, 0) is 35.6 Å². The van der Waals surface area contributed by atoms with E-state index in [1.165, 1.54) is 6.92 Å². The van der Waals surface area contributed by atoms with Gasteiger partial charge in [-0.2, -0.15) is 0 Å². The summed E-state index contributed by atoms with van der Waals surface area (Å²) >= 11 is 0. The van der Waals surface area contributed by atoms with Gasteiger partial charge in [-0.3, -0.25) is 14.3 Å². The summed E-state index contributed by atoms with van der Waals surface area (Å²) in [6, 6.07) is 14.2. The summed E-state index contributed by atoms with van der Waals surface area (Å²) in [4.78, 5) is 35.6. The Kier molecular flexibility index (Phi) is 7.14. The molecule has 9 nitrogen and oxygen atoms in total. The summed E-state index contributed by atoms with van der Waals surface area (Å²) in [5.74, 6) is -2.73. The molecule has 0 spiro atoms. The SMILES string of the molecule is CCS(=O)(=O)NC(=O)C(CCC(=O)O)NC(=O)OCC1c2ccccc2-c2ccccc21. The van der Waals surface area contributed by atoms with Gasteiger partial charge in [-0.25, -0.2) is 13.2 Å². The molecule has 0 fully saturated rings. The fourth-order valence-electron chi connectivity index (χ4n) is 3.62. The van der Waals surface area contributed by atoms with Crippen LogP contribution in [0.4, 0.5) is 4.79 Å². The van der Waals surface area contributed by atoms with Crippen LogP contribution in [0.25, 0.3) is 11.1 Å². The first-order valence-corrected chi connectivity index (χ1v) is 11.7. The number of aliphatic carboxylic acids is 1. The molecule has 3 N–H and O–H groups in total. The number of alkyl carbamates (subject to hydrolysis) is 1.